The lowest BCUT2D eigenvalue weighted by Crippen LogP contribution is -2.24. The molecule has 2 aromatic carbocycles. The summed E-state index contributed by atoms with van der Waals surface area (Å²) in [5.74, 6) is 0.636. The van der Waals surface area contributed by atoms with Crippen molar-refractivity contribution in [3.05, 3.63) is 114 Å². The van der Waals surface area contributed by atoms with Gasteiger partial charge in [-0.15, -0.1) is 0 Å². The van der Waals surface area contributed by atoms with Crippen molar-refractivity contribution < 1.29 is 9.53 Å². The Morgan fingerprint density at radius 1 is 0.903 bits per heavy atom. The molecule has 0 bridgehead atoms. The van der Waals surface area contributed by atoms with Gasteiger partial charge in [0, 0.05) is 30.1 Å². The van der Waals surface area contributed by atoms with Crippen LogP contribution in [0.15, 0.2) is 91.3 Å². The second-order valence-electron chi connectivity index (χ2n) is 7.17. The Morgan fingerprint density at radius 2 is 1.71 bits per heavy atom. The number of pyridine rings is 2. The monoisotopic (exact) mass is 409 g/mol. The molecule has 0 saturated carbocycles. The molecule has 31 heavy (non-hydrogen) atoms. The highest BCUT2D eigenvalue weighted by atomic mass is 16.5. The van der Waals surface area contributed by atoms with Crippen molar-refractivity contribution in [2.75, 3.05) is 0 Å². The van der Waals surface area contributed by atoms with Gasteiger partial charge in [-0.1, -0.05) is 48.5 Å². The zero-order chi connectivity index (χ0) is 21.5. The number of hydrogen-bond donors (Lipinski definition) is 1. The summed E-state index contributed by atoms with van der Waals surface area (Å²) in [4.78, 5) is 21.3. The van der Waals surface area contributed by atoms with E-state index in [0.29, 0.717) is 24.4 Å². The fourth-order valence-electron chi connectivity index (χ4n) is 3.20. The Morgan fingerprint density at radius 3 is 2.42 bits per heavy atom. The summed E-state index contributed by atoms with van der Waals surface area (Å²) in [6.45, 7) is 2.76. The lowest BCUT2D eigenvalue weighted by Gasteiger charge is -2.10. The van der Waals surface area contributed by atoms with Crippen LogP contribution in [0.1, 0.15) is 27.2 Å². The van der Waals surface area contributed by atoms with E-state index in [4.69, 9.17) is 4.74 Å². The van der Waals surface area contributed by atoms with E-state index in [0.717, 1.165) is 28.1 Å². The van der Waals surface area contributed by atoms with Crippen LogP contribution < -0.4 is 10.1 Å². The van der Waals surface area contributed by atoms with Crippen LogP contribution in [0.4, 0.5) is 0 Å². The third kappa shape index (κ3) is 5.34. The Kier molecular flexibility index (Phi) is 6.33. The number of rotatable bonds is 7. The second-order valence-corrected chi connectivity index (χ2v) is 7.17. The molecule has 154 valence electrons. The summed E-state index contributed by atoms with van der Waals surface area (Å²) in [6, 6.07) is 25.2. The van der Waals surface area contributed by atoms with E-state index in [1.165, 1.54) is 0 Å². The van der Waals surface area contributed by atoms with Crippen LogP contribution >= 0.6 is 0 Å². The number of carbonyl (C=O) groups excluding carboxylic acids is 1. The minimum absolute atomic E-state index is 0.137. The molecule has 0 aliphatic rings. The van der Waals surface area contributed by atoms with Crippen LogP contribution in [0.5, 0.6) is 5.75 Å². The van der Waals surface area contributed by atoms with Crippen molar-refractivity contribution in [3.8, 4) is 17.0 Å². The van der Waals surface area contributed by atoms with Crippen molar-refractivity contribution in [2.45, 2.75) is 20.1 Å². The van der Waals surface area contributed by atoms with Crippen molar-refractivity contribution in [2.24, 2.45) is 0 Å². The molecule has 4 aromatic rings. The first-order chi connectivity index (χ1) is 15.2. The number of carbonyl (C=O) groups is 1. The Balaban J connectivity index is 1.33. The Labute approximate surface area is 181 Å². The zero-order valence-corrected chi connectivity index (χ0v) is 17.3. The van der Waals surface area contributed by atoms with Gasteiger partial charge in [-0.2, -0.15) is 0 Å². The molecule has 0 aliphatic heterocycles. The second kappa shape index (κ2) is 9.67. The molecule has 1 amide bonds. The predicted octanol–water partition coefficient (Wildman–Crippen LogP) is 4.96. The number of nitrogens with zero attached hydrogens (tertiary/aromatic N) is 2. The van der Waals surface area contributed by atoms with E-state index in [1.807, 2.05) is 85.8 Å². The first kappa shape index (κ1) is 20.3. The first-order valence-electron chi connectivity index (χ1n) is 10.1. The van der Waals surface area contributed by atoms with Crippen molar-refractivity contribution in [1.29, 1.82) is 0 Å². The van der Waals surface area contributed by atoms with Gasteiger partial charge in [0.2, 0.25) is 0 Å². The van der Waals surface area contributed by atoms with Gasteiger partial charge < -0.3 is 10.1 Å². The van der Waals surface area contributed by atoms with Crippen molar-refractivity contribution in [3.63, 3.8) is 0 Å². The largest absolute Gasteiger partial charge is 0.489 e. The molecule has 0 unspecified atom stereocenters. The molecule has 0 atom stereocenters. The molecule has 0 fully saturated rings. The summed E-state index contributed by atoms with van der Waals surface area (Å²) in [6.07, 6.45) is 3.52. The molecule has 4 rings (SSSR count). The molecule has 0 radical (unpaired) electrons. The Bertz CT molecular complexity index is 1140. The number of aromatic nitrogens is 2. The molecule has 2 aromatic heterocycles. The molecule has 1 N–H and O–H groups in total. The van der Waals surface area contributed by atoms with Gasteiger partial charge in [0.25, 0.3) is 5.91 Å². The maximum atomic E-state index is 12.6. The highest BCUT2D eigenvalue weighted by molar-refractivity contribution is 5.95. The third-order valence-electron chi connectivity index (χ3n) is 4.90. The number of benzene rings is 2. The predicted molar refractivity (Wildman–Crippen MR) is 121 cm³/mol. The summed E-state index contributed by atoms with van der Waals surface area (Å²) >= 11 is 0. The summed E-state index contributed by atoms with van der Waals surface area (Å²) < 4.78 is 5.77. The molecule has 0 saturated heterocycles. The summed E-state index contributed by atoms with van der Waals surface area (Å²) in [5.41, 5.74) is 5.18. The summed E-state index contributed by atoms with van der Waals surface area (Å²) in [5, 5.41) is 2.96. The first-order valence-corrected chi connectivity index (χ1v) is 10.1. The van der Waals surface area contributed by atoms with Crippen LogP contribution in [0.3, 0.4) is 0 Å². The molecule has 5 heteroatoms. The molecule has 0 aliphatic carbocycles. The average molecular weight is 409 g/mol. The van der Waals surface area contributed by atoms with E-state index in [2.05, 4.69) is 15.3 Å². The highest BCUT2D eigenvalue weighted by Gasteiger charge is 2.11. The van der Waals surface area contributed by atoms with Crippen LogP contribution in [0.2, 0.25) is 0 Å². The number of ether oxygens (including phenoxy) is 1. The van der Waals surface area contributed by atoms with E-state index in [9.17, 15) is 4.79 Å². The zero-order valence-electron chi connectivity index (χ0n) is 17.3. The van der Waals surface area contributed by atoms with Gasteiger partial charge in [0.05, 0.1) is 17.0 Å². The maximum Gasteiger partial charge on any atom is 0.253 e. The van der Waals surface area contributed by atoms with Crippen LogP contribution in [0.25, 0.3) is 11.3 Å². The summed E-state index contributed by atoms with van der Waals surface area (Å²) in [7, 11) is 0. The molecular formula is C26H23N3O2. The number of nitrogens with one attached hydrogen (secondary N) is 1. The van der Waals surface area contributed by atoms with Crippen LogP contribution in [-0.2, 0) is 13.2 Å². The van der Waals surface area contributed by atoms with E-state index in [-0.39, 0.29) is 5.91 Å². The van der Waals surface area contributed by atoms with Gasteiger partial charge in [0.15, 0.2) is 0 Å². The lowest BCUT2D eigenvalue weighted by molar-refractivity contribution is 0.0950. The molecule has 2 heterocycles. The van der Waals surface area contributed by atoms with Crippen LogP contribution in [-0.4, -0.2) is 15.9 Å². The standard InChI is InChI=1S/C26H23N3O2/c1-19-24(13-14-25(29-19)22-7-3-2-4-8-22)26(30)28-17-20-9-11-23(12-10-20)31-18-21-6-5-15-27-16-21/h2-16H,17-18H2,1H3,(H,28,30). The van der Waals surface area contributed by atoms with E-state index in [1.54, 1.807) is 12.4 Å². The van der Waals surface area contributed by atoms with Crippen LogP contribution in [0, 0.1) is 6.92 Å². The SMILES string of the molecule is Cc1nc(-c2ccccc2)ccc1C(=O)NCc1ccc(OCc2cccnc2)cc1. The molecule has 5 nitrogen and oxygen atoms in total. The number of hydrogen-bond acceptors (Lipinski definition) is 4. The van der Waals surface area contributed by atoms with Gasteiger partial charge in [-0.25, -0.2) is 0 Å². The van der Waals surface area contributed by atoms with Gasteiger partial charge >= 0.3 is 0 Å². The molecule has 0 spiro atoms. The number of aryl methyl sites for hydroxylation is 1. The smallest absolute Gasteiger partial charge is 0.253 e. The van der Waals surface area contributed by atoms with E-state index >= 15 is 0 Å². The van der Waals surface area contributed by atoms with Crippen molar-refractivity contribution >= 4 is 5.91 Å². The number of amides is 1. The highest BCUT2D eigenvalue weighted by Crippen LogP contribution is 2.19. The normalized spacial score (nSPS) is 10.5. The fraction of sp³-hybridized carbons (Fsp3) is 0.115. The van der Waals surface area contributed by atoms with Gasteiger partial charge in [-0.3, -0.25) is 14.8 Å². The maximum absolute atomic E-state index is 12.6. The van der Waals surface area contributed by atoms with Crippen molar-refractivity contribution in [1.82, 2.24) is 15.3 Å². The minimum Gasteiger partial charge on any atom is -0.489 e. The fourth-order valence-corrected chi connectivity index (χ4v) is 3.20. The van der Waals surface area contributed by atoms with Gasteiger partial charge in [-0.05, 0) is 42.8 Å². The van der Waals surface area contributed by atoms with Gasteiger partial charge in [0.1, 0.15) is 12.4 Å². The molecular weight excluding hydrogens is 386 g/mol. The quantitative estimate of drug-likeness (QED) is 0.469. The average Bonchev–Trinajstić information content (AvgIpc) is 2.83. The third-order valence-corrected chi connectivity index (χ3v) is 4.90. The lowest BCUT2D eigenvalue weighted by atomic mass is 10.1. The minimum atomic E-state index is -0.137. The topological polar surface area (TPSA) is 64.1 Å². The van der Waals surface area contributed by atoms with E-state index < -0.39 is 0 Å². The Hall–Kier alpha value is -3.99.